The lowest BCUT2D eigenvalue weighted by Crippen LogP contribution is -2.46. The van der Waals surface area contributed by atoms with Crippen LogP contribution in [0, 0.1) is 11.6 Å². The number of amides is 1. The minimum atomic E-state index is -1.46. The number of piperazine rings is 1. The lowest BCUT2D eigenvalue weighted by Gasteiger charge is -2.36. The number of aryl methyl sites for hydroxylation is 1. The van der Waals surface area contributed by atoms with E-state index in [1.54, 1.807) is 30.0 Å². The zero-order valence-corrected chi connectivity index (χ0v) is 23.3. The van der Waals surface area contributed by atoms with E-state index in [1.807, 2.05) is 12.1 Å². The van der Waals surface area contributed by atoms with Gasteiger partial charge in [0.05, 0.1) is 17.1 Å². The largest absolute Gasteiger partial charge is 0.477 e. The number of benzene rings is 2. The molecule has 3 heterocycles. The van der Waals surface area contributed by atoms with E-state index in [9.17, 15) is 19.5 Å². The molecule has 1 aliphatic heterocycles. The predicted molar refractivity (Wildman–Crippen MR) is 158 cm³/mol. The fraction of sp³-hybridized carbons (Fsp3) is 0.233. The standard InChI is InChI=1S/C30H29F2N7O4/c1-2-38-17-22(30(42)43)28(40)21-14-23(31)27(24(32)26(21)38)39-12-10-37(11-13-39)16-20-5-3-4-19(25(20)33)15-35-36-29(41)18-6-8-34-9-7-18/h3-9,14-15,17H,2,10-13,16,33H2,1H3,(H,36,41)(H,42,43). The normalized spacial score (nSPS) is 14.0. The van der Waals surface area contributed by atoms with E-state index in [4.69, 9.17) is 5.73 Å². The highest BCUT2D eigenvalue weighted by Gasteiger charge is 2.27. The van der Waals surface area contributed by atoms with Crippen LogP contribution in [0.1, 0.15) is 38.8 Å². The molecule has 1 saturated heterocycles. The van der Waals surface area contributed by atoms with Crippen LogP contribution in [0.2, 0.25) is 0 Å². The summed E-state index contributed by atoms with van der Waals surface area (Å²) in [5, 5.41) is 13.1. The first kappa shape index (κ1) is 29.3. The number of anilines is 2. The van der Waals surface area contributed by atoms with Crippen LogP contribution in [0.4, 0.5) is 20.2 Å². The molecule has 2 aromatic carbocycles. The Morgan fingerprint density at radius 1 is 1.14 bits per heavy atom. The van der Waals surface area contributed by atoms with Crippen molar-refractivity contribution in [2.75, 3.05) is 36.8 Å². The van der Waals surface area contributed by atoms with E-state index in [2.05, 4.69) is 20.4 Å². The highest BCUT2D eigenvalue weighted by Crippen LogP contribution is 2.31. The van der Waals surface area contributed by atoms with Gasteiger partial charge in [-0.25, -0.2) is 19.0 Å². The molecule has 13 heteroatoms. The number of nitrogens with two attached hydrogens (primary N) is 1. The number of hydrogen-bond acceptors (Lipinski definition) is 8. The number of fused-ring (bicyclic) bond motifs is 1. The first-order chi connectivity index (χ1) is 20.7. The highest BCUT2D eigenvalue weighted by atomic mass is 19.1. The average Bonchev–Trinajstić information content (AvgIpc) is 3.00. The zero-order chi connectivity index (χ0) is 30.7. The third-order valence-corrected chi connectivity index (χ3v) is 7.43. The van der Waals surface area contributed by atoms with Crippen molar-refractivity contribution in [3.05, 3.63) is 99.1 Å². The van der Waals surface area contributed by atoms with Crippen molar-refractivity contribution in [1.29, 1.82) is 0 Å². The number of nitrogens with zero attached hydrogens (tertiary/aromatic N) is 5. The van der Waals surface area contributed by atoms with Gasteiger partial charge in [0.15, 0.2) is 5.82 Å². The third-order valence-electron chi connectivity index (χ3n) is 7.43. The molecular weight excluding hydrogens is 560 g/mol. The summed E-state index contributed by atoms with van der Waals surface area (Å²) in [4.78, 5) is 43.9. The Morgan fingerprint density at radius 3 is 2.53 bits per heavy atom. The van der Waals surface area contributed by atoms with Gasteiger partial charge in [0.1, 0.15) is 17.1 Å². The Labute approximate surface area is 244 Å². The number of carboxylic acid groups (broad SMARTS) is 1. The molecule has 1 fully saturated rings. The van der Waals surface area contributed by atoms with Gasteiger partial charge in [-0.15, -0.1) is 0 Å². The van der Waals surface area contributed by atoms with Gasteiger partial charge in [0.2, 0.25) is 5.43 Å². The Kier molecular flexibility index (Phi) is 8.44. The minimum Gasteiger partial charge on any atom is -0.477 e. The number of aromatic nitrogens is 2. The van der Waals surface area contributed by atoms with Gasteiger partial charge < -0.3 is 20.3 Å². The van der Waals surface area contributed by atoms with Gasteiger partial charge in [-0.1, -0.05) is 18.2 Å². The first-order valence-corrected chi connectivity index (χ1v) is 13.6. The lowest BCUT2D eigenvalue weighted by atomic mass is 10.1. The Bertz CT molecular complexity index is 1790. The number of rotatable bonds is 8. The molecule has 0 bridgehead atoms. The number of para-hydroxylation sites is 1. The number of nitrogens with one attached hydrogen (secondary N) is 1. The topological polar surface area (TPSA) is 146 Å². The fourth-order valence-electron chi connectivity index (χ4n) is 5.15. The molecule has 5 rings (SSSR count). The molecule has 0 aliphatic carbocycles. The van der Waals surface area contributed by atoms with Crippen molar-refractivity contribution < 1.29 is 23.5 Å². The monoisotopic (exact) mass is 589 g/mol. The molecule has 4 N–H and O–H groups in total. The summed E-state index contributed by atoms with van der Waals surface area (Å²) >= 11 is 0. The van der Waals surface area contributed by atoms with Gasteiger partial charge >= 0.3 is 5.97 Å². The van der Waals surface area contributed by atoms with E-state index >= 15 is 8.78 Å². The van der Waals surface area contributed by atoms with E-state index in [0.29, 0.717) is 49.5 Å². The number of pyridine rings is 2. The Hall–Kier alpha value is -5.17. The van der Waals surface area contributed by atoms with Crippen LogP contribution in [0.15, 0.2) is 64.9 Å². The molecule has 0 radical (unpaired) electrons. The second-order valence-corrected chi connectivity index (χ2v) is 10.00. The number of hydrogen-bond donors (Lipinski definition) is 3. The number of hydrazone groups is 1. The van der Waals surface area contributed by atoms with E-state index in [1.165, 1.54) is 23.2 Å². The average molecular weight is 590 g/mol. The molecule has 1 amide bonds. The summed E-state index contributed by atoms with van der Waals surface area (Å²) in [5.74, 6) is -3.66. The minimum absolute atomic E-state index is 0.125. The summed E-state index contributed by atoms with van der Waals surface area (Å²) in [7, 11) is 0. The van der Waals surface area contributed by atoms with Crippen LogP contribution in [-0.4, -0.2) is 63.8 Å². The number of nitrogen functional groups attached to an aromatic ring is 1. The van der Waals surface area contributed by atoms with Crippen LogP contribution < -0.4 is 21.5 Å². The van der Waals surface area contributed by atoms with Gasteiger partial charge in [-0.3, -0.25) is 19.5 Å². The second kappa shape index (κ2) is 12.4. The molecule has 0 spiro atoms. The molecular formula is C30H29F2N7O4. The van der Waals surface area contributed by atoms with Gasteiger partial charge in [-0.2, -0.15) is 5.10 Å². The maximum Gasteiger partial charge on any atom is 0.341 e. The zero-order valence-electron chi connectivity index (χ0n) is 23.3. The number of halogens is 2. The summed E-state index contributed by atoms with van der Waals surface area (Å²) in [5.41, 5.74) is 9.39. The van der Waals surface area contributed by atoms with Crippen molar-refractivity contribution >= 4 is 40.4 Å². The Morgan fingerprint density at radius 2 is 1.86 bits per heavy atom. The SMILES string of the molecule is CCn1cc(C(=O)O)c(=O)c2cc(F)c(N3CCN(Cc4cccc(C=NNC(=O)c5ccncc5)c4N)CC3)c(F)c21. The molecule has 222 valence electrons. The number of aromatic carboxylic acids is 1. The Balaban J connectivity index is 1.29. The summed E-state index contributed by atoms with van der Waals surface area (Å²) in [6.45, 7) is 3.94. The summed E-state index contributed by atoms with van der Waals surface area (Å²) in [6.07, 6.45) is 5.58. The van der Waals surface area contributed by atoms with Crippen LogP contribution >= 0.6 is 0 Å². The summed E-state index contributed by atoms with van der Waals surface area (Å²) in [6, 6.07) is 9.56. The fourth-order valence-corrected chi connectivity index (χ4v) is 5.15. The maximum absolute atomic E-state index is 15.8. The maximum atomic E-state index is 15.8. The van der Waals surface area contributed by atoms with E-state index in [0.717, 1.165) is 17.8 Å². The lowest BCUT2D eigenvalue weighted by molar-refractivity contribution is 0.0694. The first-order valence-electron chi connectivity index (χ1n) is 13.6. The van der Waals surface area contributed by atoms with Crippen molar-refractivity contribution in [2.45, 2.75) is 20.0 Å². The van der Waals surface area contributed by atoms with Crippen LogP contribution in [-0.2, 0) is 13.1 Å². The smallest absolute Gasteiger partial charge is 0.341 e. The summed E-state index contributed by atoms with van der Waals surface area (Å²) < 4.78 is 32.4. The molecule has 4 aromatic rings. The third kappa shape index (κ3) is 5.93. The van der Waals surface area contributed by atoms with Gasteiger partial charge in [0.25, 0.3) is 5.91 Å². The molecule has 0 saturated carbocycles. The van der Waals surface area contributed by atoms with Gasteiger partial charge in [-0.05, 0) is 30.7 Å². The molecule has 2 aromatic heterocycles. The number of carboxylic acids is 1. The van der Waals surface area contributed by atoms with Crippen molar-refractivity contribution in [3.8, 4) is 0 Å². The van der Waals surface area contributed by atoms with Gasteiger partial charge in [0, 0.05) is 74.7 Å². The second-order valence-electron chi connectivity index (χ2n) is 10.00. The van der Waals surface area contributed by atoms with Crippen molar-refractivity contribution in [2.24, 2.45) is 5.10 Å². The molecule has 0 unspecified atom stereocenters. The molecule has 11 nitrogen and oxygen atoms in total. The predicted octanol–water partition coefficient (Wildman–Crippen LogP) is 3.06. The molecule has 43 heavy (non-hydrogen) atoms. The van der Waals surface area contributed by atoms with E-state index in [-0.39, 0.29) is 29.0 Å². The molecule has 0 atom stereocenters. The van der Waals surface area contributed by atoms with E-state index < -0.39 is 28.6 Å². The van der Waals surface area contributed by atoms with Crippen molar-refractivity contribution in [1.82, 2.24) is 19.9 Å². The van der Waals surface area contributed by atoms with Crippen LogP contribution in [0.25, 0.3) is 10.9 Å². The van der Waals surface area contributed by atoms with Crippen LogP contribution in [0.3, 0.4) is 0 Å². The quantitative estimate of drug-likeness (QED) is 0.162. The highest BCUT2D eigenvalue weighted by molar-refractivity contribution is 5.95. The van der Waals surface area contributed by atoms with Crippen LogP contribution in [0.5, 0.6) is 0 Å². The number of carbonyl (C=O) groups excluding carboxylic acids is 1. The number of carbonyl (C=O) groups is 2. The molecule has 1 aliphatic rings. The van der Waals surface area contributed by atoms with Crippen molar-refractivity contribution in [3.63, 3.8) is 0 Å².